The molecule has 2 atom stereocenters. The predicted octanol–water partition coefficient (Wildman–Crippen LogP) is 1.47. The molecule has 0 bridgehead atoms. The number of carbonyl (C=O) groups excluding carboxylic acids is 1. The van der Waals surface area contributed by atoms with E-state index in [1.807, 2.05) is 24.3 Å². The molecule has 18 heavy (non-hydrogen) atoms. The van der Waals surface area contributed by atoms with E-state index in [0.717, 1.165) is 11.3 Å². The van der Waals surface area contributed by atoms with Crippen LogP contribution in [0.25, 0.3) is 0 Å². The van der Waals surface area contributed by atoms with Crippen LogP contribution in [0.1, 0.15) is 18.9 Å². The second-order valence-electron chi connectivity index (χ2n) is 4.91. The molecular weight excluding hydrogens is 230 g/mol. The highest BCUT2D eigenvalue weighted by molar-refractivity contribution is 5.52. The topological polar surface area (TPSA) is 70.3 Å². The molecule has 4 nitrogen and oxygen atoms in total. The monoisotopic (exact) mass is 245 g/mol. The lowest BCUT2D eigenvalue weighted by Crippen LogP contribution is -2.52. The number of ether oxygens (including phenoxy) is 1. The van der Waals surface area contributed by atoms with Crippen LogP contribution in [0.2, 0.25) is 0 Å². The van der Waals surface area contributed by atoms with Gasteiger partial charge in [-0.1, -0.05) is 18.2 Å². The molecule has 1 aliphatic heterocycles. The molecule has 1 heterocycles. The number of benzene rings is 1. The predicted molar refractivity (Wildman–Crippen MR) is 65.0 cm³/mol. The van der Waals surface area contributed by atoms with Gasteiger partial charge in [-0.25, -0.2) is 0 Å². The molecule has 0 fully saturated rings. The Kier molecular flexibility index (Phi) is 3.10. The molecule has 0 radical (unpaired) electrons. The fourth-order valence-electron chi connectivity index (χ4n) is 2.26. The number of nitriles is 1. The number of aldehydes is 1. The van der Waals surface area contributed by atoms with Crippen molar-refractivity contribution < 1.29 is 14.6 Å². The Morgan fingerprint density at radius 2 is 2.33 bits per heavy atom. The third-order valence-corrected chi connectivity index (χ3v) is 3.66. The van der Waals surface area contributed by atoms with Crippen molar-refractivity contribution in [2.75, 3.05) is 6.61 Å². The molecule has 2 rings (SSSR count). The summed E-state index contributed by atoms with van der Waals surface area (Å²) in [5, 5.41) is 19.8. The van der Waals surface area contributed by atoms with Crippen LogP contribution < -0.4 is 4.74 Å². The number of aliphatic hydroxyl groups is 1. The largest absolute Gasteiger partial charge is 0.492 e. The zero-order chi connectivity index (χ0) is 13.2. The fourth-order valence-corrected chi connectivity index (χ4v) is 2.26. The molecule has 1 aliphatic rings. The zero-order valence-corrected chi connectivity index (χ0v) is 10.2. The minimum absolute atomic E-state index is 0.0773. The Morgan fingerprint density at radius 3 is 3.00 bits per heavy atom. The first kappa shape index (κ1) is 12.6. The Hall–Kier alpha value is -1.86. The number of fused-ring (bicyclic) bond motifs is 1. The maximum absolute atomic E-state index is 10.7. The minimum Gasteiger partial charge on any atom is -0.492 e. The van der Waals surface area contributed by atoms with Gasteiger partial charge in [-0.2, -0.15) is 5.26 Å². The standard InChI is InChI=1S/C14H15NO3/c1-13(17,6-7-16)14(9-15)8-11-4-2-3-5-12(11)18-10-14/h2-5,7,17H,6,8,10H2,1H3. The average molecular weight is 245 g/mol. The highest BCUT2D eigenvalue weighted by Crippen LogP contribution is 2.42. The van der Waals surface area contributed by atoms with Crippen molar-refractivity contribution in [2.24, 2.45) is 5.41 Å². The lowest BCUT2D eigenvalue weighted by molar-refractivity contribution is -0.119. The molecular formula is C14H15NO3. The van der Waals surface area contributed by atoms with Crippen molar-refractivity contribution in [2.45, 2.75) is 25.4 Å². The Bertz CT molecular complexity index is 504. The molecule has 0 aliphatic carbocycles. The van der Waals surface area contributed by atoms with Gasteiger partial charge in [0.05, 0.1) is 11.7 Å². The minimum atomic E-state index is -1.39. The summed E-state index contributed by atoms with van der Waals surface area (Å²) in [7, 11) is 0. The van der Waals surface area contributed by atoms with E-state index in [1.54, 1.807) is 0 Å². The average Bonchev–Trinajstić information content (AvgIpc) is 2.37. The highest BCUT2D eigenvalue weighted by Gasteiger charge is 2.50. The molecule has 0 saturated heterocycles. The van der Waals surface area contributed by atoms with Crippen LogP contribution in [0, 0.1) is 16.7 Å². The van der Waals surface area contributed by atoms with Gasteiger partial charge in [0.15, 0.2) is 0 Å². The van der Waals surface area contributed by atoms with Crippen molar-refractivity contribution in [3.63, 3.8) is 0 Å². The summed E-state index contributed by atoms with van der Waals surface area (Å²) in [6.07, 6.45) is 0.951. The maximum Gasteiger partial charge on any atom is 0.124 e. The van der Waals surface area contributed by atoms with E-state index in [2.05, 4.69) is 6.07 Å². The molecule has 0 saturated carbocycles. The molecule has 94 valence electrons. The molecule has 0 amide bonds. The van der Waals surface area contributed by atoms with E-state index < -0.39 is 11.0 Å². The van der Waals surface area contributed by atoms with Gasteiger partial charge < -0.3 is 14.6 Å². The lowest BCUT2D eigenvalue weighted by Gasteiger charge is -2.42. The number of para-hydroxylation sites is 1. The summed E-state index contributed by atoms with van der Waals surface area (Å²) in [6, 6.07) is 9.59. The second-order valence-corrected chi connectivity index (χ2v) is 4.91. The first-order valence-corrected chi connectivity index (χ1v) is 5.83. The van der Waals surface area contributed by atoms with Crippen LogP contribution in [0.3, 0.4) is 0 Å². The van der Waals surface area contributed by atoms with Gasteiger partial charge in [0, 0.05) is 12.8 Å². The Labute approximate surface area is 106 Å². The van der Waals surface area contributed by atoms with Gasteiger partial charge in [-0.15, -0.1) is 0 Å². The molecule has 0 spiro atoms. The van der Waals surface area contributed by atoms with Gasteiger partial charge in [-0.05, 0) is 18.6 Å². The Morgan fingerprint density at radius 1 is 1.61 bits per heavy atom. The third kappa shape index (κ3) is 1.87. The van der Waals surface area contributed by atoms with Crippen molar-refractivity contribution in [3.05, 3.63) is 29.8 Å². The van der Waals surface area contributed by atoms with E-state index in [9.17, 15) is 15.2 Å². The van der Waals surface area contributed by atoms with Crippen molar-refractivity contribution >= 4 is 6.29 Å². The molecule has 1 aromatic rings. The fraction of sp³-hybridized carbons (Fsp3) is 0.429. The first-order valence-electron chi connectivity index (χ1n) is 5.83. The summed E-state index contributed by atoms with van der Waals surface area (Å²) < 4.78 is 5.56. The van der Waals surface area contributed by atoms with Crippen LogP contribution in [0.5, 0.6) is 5.75 Å². The zero-order valence-electron chi connectivity index (χ0n) is 10.2. The molecule has 2 unspecified atom stereocenters. The van der Waals surface area contributed by atoms with Gasteiger partial charge >= 0.3 is 0 Å². The van der Waals surface area contributed by atoms with Gasteiger partial charge in [0.1, 0.15) is 24.1 Å². The molecule has 4 heteroatoms. The smallest absolute Gasteiger partial charge is 0.124 e. The molecule has 1 N–H and O–H groups in total. The quantitative estimate of drug-likeness (QED) is 0.819. The van der Waals surface area contributed by atoms with E-state index in [0.29, 0.717) is 12.7 Å². The second kappa shape index (κ2) is 4.43. The van der Waals surface area contributed by atoms with Gasteiger partial charge in [0.25, 0.3) is 0 Å². The first-order chi connectivity index (χ1) is 8.54. The highest BCUT2D eigenvalue weighted by atomic mass is 16.5. The third-order valence-electron chi connectivity index (χ3n) is 3.66. The summed E-state index contributed by atoms with van der Waals surface area (Å²) >= 11 is 0. The lowest BCUT2D eigenvalue weighted by atomic mass is 9.68. The van der Waals surface area contributed by atoms with Crippen LogP contribution in [-0.2, 0) is 11.2 Å². The van der Waals surface area contributed by atoms with Gasteiger partial charge in [-0.3, -0.25) is 0 Å². The van der Waals surface area contributed by atoms with Crippen LogP contribution in [-0.4, -0.2) is 23.6 Å². The normalized spacial score (nSPS) is 25.2. The van der Waals surface area contributed by atoms with Crippen molar-refractivity contribution in [1.29, 1.82) is 5.26 Å². The van der Waals surface area contributed by atoms with E-state index in [-0.39, 0.29) is 13.0 Å². The molecule has 1 aromatic carbocycles. The van der Waals surface area contributed by atoms with Crippen LogP contribution in [0.4, 0.5) is 0 Å². The van der Waals surface area contributed by atoms with E-state index >= 15 is 0 Å². The summed E-state index contributed by atoms with van der Waals surface area (Å²) in [5.74, 6) is 0.741. The Balaban J connectivity index is 2.39. The van der Waals surface area contributed by atoms with E-state index in [1.165, 1.54) is 6.92 Å². The van der Waals surface area contributed by atoms with Crippen molar-refractivity contribution in [3.8, 4) is 11.8 Å². The van der Waals surface area contributed by atoms with E-state index in [4.69, 9.17) is 4.74 Å². The van der Waals surface area contributed by atoms with Crippen molar-refractivity contribution in [1.82, 2.24) is 0 Å². The molecule has 0 aromatic heterocycles. The van der Waals surface area contributed by atoms with Gasteiger partial charge in [0.2, 0.25) is 0 Å². The number of nitrogens with zero attached hydrogens (tertiary/aromatic N) is 1. The summed E-state index contributed by atoms with van der Waals surface area (Å²) in [6.45, 7) is 1.61. The summed E-state index contributed by atoms with van der Waals surface area (Å²) in [5.41, 5.74) is -1.59. The maximum atomic E-state index is 10.7. The number of hydrogen-bond donors (Lipinski definition) is 1. The summed E-state index contributed by atoms with van der Waals surface area (Å²) in [4.78, 5) is 10.7. The SMILES string of the molecule is CC(O)(CC=O)C1(C#N)COc2ccccc2C1. The number of hydrogen-bond acceptors (Lipinski definition) is 4. The number of rotatable bonds is 3. The van der Waals surface area contributed by atoms with Crippen LogP contribution in [0.15, 0.2) is 24.3 Å². The van der Waals surface area contributed by atoms with Crippen LogP contribution >= 0.6 is 0 Å². The number of carbonyl (C=O) groups is 1.